The molecule has 1 aliphatic heterocycles. The summed E-state index contributed by atoms with van der Waals surface area (Å²) in [6, 6.07) is 0. The van der Waals surface area contributed by atoms with E-state index in [0.717, 1.165) is 0 Å². The van der Waals surface area contributed by atoms with E-state index in [4.69, 9.17) is 4.74 Å². The van der Waals surface area contributed by atoms with Gasteiger partial charge in [0.05, 0.1) is 18.6 Å². The number of carbonyl (C=O) groups excluding carboxylic acids is 2. The molecule has 1 rings (SSSR count). The van der Waals surface area contributed by atoms with Crippen LogP contribution < -0.4 is 0 Å². The van der Waals surface area contributed by atoms with Gasteiger partial charge in [0.1, 0.15) is 11.9 Å². The molecule has 0 aliphatic carbocycles. The highest BCUT2D eigenvalue weighted by atomic mass is 16.5. The molecule has 1 fully saturated rings. The fraction of sp³-hybridized carbons (Fsp3) is 0.895. The van der Waals surface area contributed by atoms with Crippen molar-refractivity contribution >= 4 is 11.8 Å². The van der Waals surface area contributed by atoms with Gasteiger partial charge in [-0.3, -0.25) is 9.59 Å². The second kappa shape index (κ2) is 9.52. The average molecular weight is 342 g/mol. The zero-order valence-electron chi connectivity index (χ0n) is 15.7. The second-order valence-corrected chi connectivity index (χ2v) is 7.65. The van der Waals surface area contributed by atoms with Crippen LogP contribution in [0.2, 0.25) is 0 Å². The number of aliphatic hydroxyl groups excluding tert-OH is 2. The van der Waals surface area contributed by atoms with Crippen LogP contribution in [0.4, 0.5) is 0 Å². The highest BCUT2D eigenvalue weighted by Gasteiger charge is 2.32. The molecular weight excluding hydrogens is 308 g/mol. The van der Waals surface area contributed by atoms with Crippen molar-refractivity contribution < 1.29 is 24.5 Å². The molecule has 0 spiro atoms. The van der Waals surface area contributed by atoms with E-state index in [1.165, 1.54) is 0 Å². The molecule has 24 heavy (non-hydrogen) atoms. The molecule has 1 aliphatic rings. The zero-order chi connectivity index (χ0) is 18.4. The minimum absolute atomic E-state index is 0.0805. The van der Waals surface area contributed by atoms with Crippen LogP contribution in [-0.2, 0) is 14.3 Å². The van der Waals surface area contributed by atoms with Crippen molar-refractivity contribution in [2.45, 2.75) is 85.0 Å². The van der Waals surface area contributed by atoms with Crippen molar-refractivity contribution in [3.8, 4) is 0 Å². The summed E-state index contributed by atoms with van der Waals surface area (Å²) in [5.74, 6) is -0.788. The Morgan fingerprint density at radius 2 is 1.71 bits per heavy atom. The molecule has 7 atom stereocenters. The molecule has 5 nitrogen and oxygen atoms in total. The quantitative estimate of drug-likeness (QED) is 0.716. The molecule has 0 saturated carbocycles. The summed E-state index contributed by atoms with van der Waals surface area (Å²) in [5, 5.41) is 20.6. The third-order valence-corrected chi connectivity index (χ3v) is 5.55. The van der Waals surface area contributed by atoms with Crippen molar-refractivity contribution in [2.75, 3.05) is 0 Å². The molecule has 0 aromatic heterocycles. The SMILES string of the molecule is CCC1OC(=O)CC(O)C(C)C(O)C(C)CCC(=O)C(C)CC1C. The van der Waals surface area contributed by atoms with Crippen LogP contribution in [0.15, 0.2) is 0 Å². The molecule has 0 radical (unpaired) electrons. The Labute approximate surface area is 145 Å². The standard InChI is InChI=1S/C19H34O5/c1-6-17-13(4)9-12(3)15(20)8-7-11(2)19(23)14(5)16(21)10-18(22)24-17/h11-14,16-17,19,21,23H,6-10H2,1-5H3. The second-order valence-electron chi connectivity index (χ2n) is 7.65. The van der Waals surface area contributed by atoms with Gasteiger partial charge in [-0.15, -0.1) is 0 Å². The molecule has 1 saturated heterocycles. The smallest absolute Gasteiger partial charge is 0.308 e. The minimum atomic E-state index is -0.944. The zero-order valence-corrected chi connectivity index (χ0v) is 15.7. The fourth-order valence-electron chi connectivity index (χ4n) is 3.55. The van der Waals surface area contributed by atoms with E-state index in [2.05, 4.69) is 0 Å². The number of aliphatic hydroxyl groups is 2. The lowest BCUT2D eigenvalue weighted by Gasteiger charge is -2.30. The highest BCUT2D eigenvalue weighted by Crippen LogP contribution is 2.27. The van der Waals surface area contributed by atoms with Crippen molar-refractivity contribution in [1.82, 2.24) is 0 Å². The van der Waals surface area contributed by atoms with Gasteiger partial charge in [-0.2, -0.15) is 0 Å². The third-order valence-electron chi connectivity index (χ3n) is 5.55. The van der Waals surface area contributed by atoms with Crippen molar-refractivity contribution in [2.24, 2.45) is 23.7 Å². The van der Waals surface area contributed by atoms with E-state index in [1.54, 1.807) is 6.92 Å². The van der Waals surface area contributed by atoms with Gasteiger partial charge in [-0.25, -0.2) is 0 Å². The van der Waals surface area contributed by atoms with E-state index in [-0.39, 0.29) is 36.1 Å². The Hall–Kier alpha value is -0.940. The number of esters is 1. The van der Waals surface area contributed by atoms with Crippen LogP contribution in [0.1, 0.15) is 66.7 Å². The third kappa shape index (κ3) is 5.85. The Bertz CT molecular complexity index is 422. The molecule has 140 valence electrons. The van der Waals surface area contributed by atoms with Crippen LogP contribution in [0, 0.1) is 23.7 Å². The fourth-order valence-corrected chi connectivity index (χ4v) is 3.55. The lowest BCUT2D eigenvalue weighted by molar-refractivity contribution is -0.156. The van der Waals surface area contributed by atoms with Gasteiger partial charge in [0.2, 0.25) is 0 Å². The Kier molecular flexibility index (Phi) is 8.37. The maximum Gasteiger partial charge on any atom is 0.308 e. The normalized spacial score (nSPS) is 40.7. The van der Waals surface area contributed by atoms with Crippen LogP contribution in [0.3, 0.4) is 0 Å². The average Bonchev–Trinajstić information content (AvgIpc) is 2.54. The van der Waals surface area contributed by atoms with Gasteiger partial charge >= 0.3 is 5.97 Å². The number of hydrogen-bond donors (Lipinski definition) is 2. The molecule has 5 heteroatoms. The van der Waals surface area contributed by atoms with Crippen LogP contribution in [0.5, 0.6) is 0 Å². The van der Waals surface area contributed by atoms with Gasteiger partial charge in [-0.05, 0) is 31.1 Å². The number of cyclic esters (lactones) is 1. The number of ketones is 1. The first-order valence-corrected chi connectivity index (χ1v) is 9.25. The first-order chi connectivity index (χ1) is 11.2. The minimum Gasteiger partial charge on any atom is -0.462 e. The molecule has 1 heterocycles. The van der Waals surface area contributed by atoms with Crippen molar-refractivity contribution in [3.63, 3.8) is 0 Å². The molecule has 0 aromatic rings. The molecule has 0 amide bonds. The van der Waals surface area contributed by atoms with E-state index in [0.29, 0.717) is 25.7 Å². The summed E-state index contributed by atoms with van der Waals surface area (Å²) in [4.78, 5) is 24.5. The predicted octanol–water partition coefficient (Wildman–Crippen LogP) is 2.72. The maximum atomic E-state index is 12.3. The van der Waals surface area contributed by atoms with Gasteiger partial charge in [0.15, 0.2) is 0 Å². The van der Waals surface area contributed by atoms with E-state index in [9.17, 15) is 19.8 Å². The van der Waals surface area contributed by atoms with Crippen molar-refractivity contribution in [3.05, 3.63) is 0 Å². The van der Waals surface area contributed by atoms with Gasteiger partial charge in [0.25, 0.3) is 0 Å². The van der Waals surface area contributed by atoms with E-state index < -0.39 is 24.1 Å². The summed E-state index contributed by atoms with van der Waals surface area (Å²) in [7, 11) is 0. The lowest BCUT2D eigenvalue weighted by Crippen LogP contribution is -2.37. The maximum absolute atomic E-state index is 12.3. The molecule has 0 aromatic carbocycles. The summed E-state index contributed by atoms with van der Waals surface area (Å²) in [6.45, 7) is 9.49. The van der Waals surface area contributed by atoms with E-state index in [1.807, 2.05) is 27.7 Å². The number of rotatable bonds is 1. The van der Waals surface area contributed by atoms with Gasteiger partial charge in [-0.1, -0.05) is 34.6 Å². The molecule has 0 bridgehead atoms. The topological polar surface area (TPSA) is 83.8 Å². The van der Waals surface area contributed by atoms with Gasteiger partial charge < -0.3 is 14.9 Å². The first-order valence-electron chi connectivity index (χ1n) is 9.25. The number of ether oxygens (including phenoxy) is 1. The predicted molar refractivity (Wildman–Crippen MR) is 92.3 cm³/mol. The van der Waals surface area contributed by atoms with Crippen molar-refractivity contribution in [1.29, 1.82) is 0 Å². The largest absolute Gasteiger partial charge is 0.462 e. The molecule has 7 unspecified atom stereocenters. The summed E-state index contributed by atoms with van der Waals surface area (Å²) < 4.78 is 5.53. The lowest BCUT2D eigenvalue weighted by atomic mass is 9.83. The monoisotopic (exact) mass is 342 g/mol. The van der Waals surface area contributed by atoms with Crippen LogP contribution in [-0.4, -0.2) is 40.3 Å². The molecule has 2 N–H and O–H groups in total. The first kappa shape index (κ1) is 21.1. The molecular formula is C19H34O5. The summed E-state index contributed by atoms with van der Waals surface area (Å²) >= 11 is 0. The Balaban J connectivity index is 2.94. The highest BCUT2D eigenvalue weighted by molar-refractivity contribution is 5.80. The summed E-state index contributed by atoms with van der Waals surface area (Å²) in [6.07, 6.45) is 0.340. The number of carbonyl (C=O) groups is 2. The van der Waals surface area contributed by atoms with Gasteiger partial charge in [0, 0.05) is 18.3 Å². The van der Waals surface area contributed by atoms with Crippen LogP contribution >= 0.6 is 0 Å². The van der Waals surface area contributed by atoms with E-state index >= 15 is 0 Å². The number of hydrogen-bond acceptors (Lipinski definition) is 5. The Morgan fingerprint density at radius 1 is 1.08 bits per heavy atom. The Morgan fingerprint density at radius 3 is 2.29 bits per heavy atom. The van der Waals surface area contributed by atoms with Crippen LogP contribution in [0.25, 0.3) is 0 Å². The number of Topliss-reactive ketones (excluding diaryl/α,β-unsaturated/α-hetero) is 1. The summed E-state index contributed by atoms with van der Waals surface area (Å²) in [5.41, 5.74) is 0.